The van der Waals surface area contributed by atoms with Crippen molar-refractivity contribution in [3.05, 3.63) is 36.2 Å². The first-order valence-electron chi connectivity index (χ1n) is 10.5. The number of aromatic nitrogens is 1. The SMILES string of the molecule is O=C(/C=C/c1nc2ccccc2o1)N1CCN(CC(=O)N2CCCCCC2)CC1. The first-order valence-corrected chi connectivity index (χ1v) is 10.5. The highest BCUT2D eigenvalue weighted by molar-refractivity contribution is 5.91. The molecule has 3 heterocycles. The third kappa shape index (κ3) is 5.03. The maximum atomic E-state index is 12.5. The van der Waals surface area contributed by atoms with Crippen LogP contribution in [0.2, 0.25) is 0 Å². The van der Waals surface area contributed by atoms with E-state index < -0.39 is 0 Å². The van der Waals surface area contributed by atoms with Crippen molar-refractivity contribution >= 4 is 29.0 Å². The quantitative estimate of drug-likeness (QED) is 0.742. The molecule has 29 heavy (non-hydrogen) atoms. The van der Waals surface area contributed by atoms with E-state index in [1.807, 2.05) is 34.1 Å². The molecule has 4 rings (SSSR count). The summed E-state index contributed by atoms with van der Waals surface area (Å²) in [5, 5.41) is 0. The Morgan fingerprint density at radius 1 is 0.931 bits per heavy atom. The van der Waals surface area contributed by atoms with Crippen molar-refractivity contribution in [1.82, 2.24) is 19.7 Å². The predicted octanol–water partition coefficient (Wildman–Crippen LogP) is 2.39. The predicted molar refractivity (Wildman–Crippen MR) is 111 cm³/mol. The zero-order valence-corrected chi connectivity index (χ0v) is 16.8. The molecule has 154 valence electrons. The summed E-state index contributed by atoms with van der Waals surface area (Å²) in [6.07, 6.45) is 7.81. The van der Waals surface area contributed by atoms with Crippen LogP contribution in [0.25, 0.3) is 17.2 Å². The molecule has 0 N–H and O–H groups in total. The van der Waals surface area contributed by atoms with Crippen molar-refractivity contribution in [2.45, 2.75) is 25.7 Å². The van der Waals surface area contributed by atoms with Crippen LogP contribution in [-0.2, 0) is 9.59 Å². The number of fused-ring (bicyclic) bond motifs is 1. The Hall–Kier alpha value is -2.67. The van der Waals surface area contributed by atoms with Gasteiger partial charge in [0.25, 0.3) is 0 Å². The van der Waals surface area contributed by atoms with E-state index in [0.29, 0.717) is 31.1 Å². The van der Waals surface area contributed by atoms with Gasteiger partial charge in [-0.05, 0) is 25.0 Å². The molecule has 2 fully saturated rings. The Morgan fingerprint density at radius 2 is 1.66 bits per heavy atom. The fraction of sp³-hybridized carbons (Fsp3) is 0.500. The van der Waals surface area contributed by atoms with Crippen LogP contribution in [0.1, 0.15) is 31.6 Å². The van der Waals surface area contributed by atoms with Crippen molar-refractivity contribution < 1.29 is 14.0 Å². The Balaban J connectivity index is 1.25. The van der Waals surface area contributed by atoms with Crippen LogP contribution in [0.3, 0.4) is 0 Å². The van der Waals surface area contributed by atoms with E-state index in [9.17, 15) is 9.59 Å². The van der Waals surface area contributed by atoms with Gasteiger partial charge in [0.2, 0.25) is 17.7 Å². The Labute approximate surface area is 171 Å². The molecule has 0 bridgehead atoms. The van der Waals surface area contributed by atoms with Crippen molar-refractivity contribution in [1.29, 1.82) is 0 Å². The number of rotatable bonds is 4. The normalized spacial score (nSPS) is 19.0. The van der Waals surface area contributed by atoms with Gasteiger partial charge in [0, 0.05) is 51.4 Å². The molecule has 1 aromatic carbocycles. The summed E-state index contributed by atoms with van der Waals surface area (Å²) in [5.41, 5.74) is 1.49. The molecular weight excluding hydrogens is 368 g/mol. The van der Waals surface area contributed by atoms with E-state index in [0.717, 1.165) is 44.5 Å². The lowest BCUT2D eigenvalue weighted by Gasteiger charge is -2.34. The highest BCUT2D eigenvalue weighted by atomic mass is 16.3. The first-order chi connectivity index (χ1) is 14.2. The van der Waals surface area contributed by atoms with E-state index >= 15 is 0 Å². The molecule has 2 saturated heterocycles. The minimum absolute atomic E-state index is 0.0502. The van der Waals surface area contributed by atoms with Crippen LogP contribution in [0, 0.1) is 0 Å². The molecule has 7 heteroatoms. The summed E-state index contributed by atoms with van der Waals surface area (Å²) in [5.74, 6) is 0.606. The number of amides is 2. The van der Waals surface area contributed by atoms with Crippen LogP contribution in [0.15, 0.2) is 34.8 Å². The number of carbonyl (C=O) groups excluding carboxylic acids is 2. The van der Waals surface area contributed by atoms with Gasteiger partial charge in [-0.3, -0.25) is 14.5 Å². The highest BCUT2D eigenvalue weighted by Crippen LogP contribution is 2.16. The second-order valence-electron chi connectivity index (χ2n) is 7.75. The molecule has 0 atom stereocenters. The summed E-state index contributed by atoms with van der Waals surface area (Å²) in [6.45, 7) is 4.94. The van der Waals surface area contributed by atoms with Crippen LogP contribution in [0.4, 0.5) is 0 Å². The van der Waals surface area contributed by atoms with E-state index in [4.69, 9.17) is 4.42 Å². The van der Waals surface area contributed by atoms with Crippen molar-refractivity contribution in [2.75, 3.05) is 45.8 Å². The van der Waals surface area contributed by atoms with Gasteiger partial charge in [-0.2, -0.15) is 0 Å². The molecule has 0 spiro atoms. The number of likely N-dealkylation sites (tertiary alicyclic amines) is 1. The summed E-state index contributed by atoms with van der Waals surface area (Å²) in [6, 6.07) is 7.53. The molecule has 2 aliphatic heterocycles. The largest absolute Gasteiger partial charge is 0.437 e. The third-order valence-corrected chi connectivity index (χ3v) is 5.68. The zero-order chi connectivity index (χ0) is 20.1. The summed E-state index contributed by atoms with van der Waals surface area (Å²) >= 11 is 0. The maximum absolute atomic E-state index is 12.5. The summed E-state index contributed by atoms with van der Waals surface area (Å²) < 4.78 is 5.61. The number of piperazine rings is 1. The molecule has 2 aliphatic rings. The van der Waals surface area contributed by atoms with Gasteiger partial charge >= 0.3 is 0 Å². The van der Waals surface area contributed by atoms with E-state index in [1.165, 1.54) is 18.9 Å². The minimum Gasteiger partial charge on any atom is -0.437 e. The van der Waals surface area contributed by atoms with Gasteiger partial charge in [-0.1, -0.05) is 25.0 Å². The van der Waals surface area contributed by atoms with Crippen molar-refractivity contribution in [3.63, 3.8) is 0 Å². The number of para-hydroxylation sites is 2. The Bertz CT molecular complexity index is 842. The monoisotopic (exact) mass is 396 g/mol. The van der Waals surface area contributed by atoms with Crippen LogP contribution in [-0.4, -0.2) is 77.3 Å². The number of hydrogen-bond acceptors (Lipinski definition) is 5. The third-order valence-electron chi connectivity index (χ3n) is 5.68. The molecule has 2 aromatic rings. The molecule has 1 aromatic heterocycles. The highest BCUT2D eigenvalue weighted by Gasteiger charge is 2.23. The topological polar surface area (TPSA) is 69.9 Å². The molecule has 0 radical (unpaired) electrons. The standard InChI is InChI=1S/C22H28N4O3/c27-21(10-9-20-23-18-7-3-4-8-19(18)29-20)26-15-13-24(14-16-26)17-22(28)25-11-5-1-2-6-12-25/h3-4,7-10H,1-2,5-6,11-17H2/b10-9+. The van der Waals surface area contributed by atoms with Gasteiger partial charge in [0.15, 0.2) is 5.58 Å². The molecule has 7 nitrogen and oxygen atoms in total. The maximum Gasteiger partial charge on any atom is 0.246 e. The molecule has 0 saturated carbocycles. The molecular formula is C22H28N4O3. The molecule has 2 amide bonds. The van der Waals surface area contributed by atoms with Crippen LogP contribution < -0.4 is 0 Å². The smallest absolute Gasteiger partial charge is 0.246 e. The first kappa shape index (κ1) is 19.6. The van der Waals surface area contributed by atoms with Crippen LogP contribution in [0.5, 0.6) is 0 Å². The summed E-state index contributed by atoms with van der Waals surface area (Å²) in [7, 11) is 0. The average molecular weight is 396 g/mol. The van der Waals surface area contributed by atoms with E-state index in [-0.39, 0.29) is 11.8 Å². The lowest BCUT2D eigenvalue weighted by atomic mass is 10.2. The number of benzene rings is 1. The van der Waals surface area contributed by atoms with E-state index in [1.54, 1.807) is 6.08 Å². The second kappa shape index (κ2) is 9.22. The average Bonchev–Trinajstić information content (AvgIpc) is 2.96. The number of nitrogens with zero attached hydrogens (tertiary/aromatic N) is 4. The minimum atomic E-state index is -0.0502. The van der Waals surface area contributed by atoms with Crippen LogP contribution >= 0.6 is 0 Å². The Morgan fingerprint density at radius 3 is 2.38 bits per heavy atom. The van der Waals surface area contributed by atoms with Gasteiger partial charge < -0.3 is 14.2 Å². The van der Waals surface area contributed by atoms with Crippen molar-refractivity contribution in [2.24, 2.45) is 0 Å². The van der Waals surface area contributed by atoms with Crippen molar-refractivity contribution in [3.8, 4) is 0 Å². The fourth-order valence-corrected chi connectivity index (χ4v) is 3.95. The lowest BCUT2D eigenvalue weighted by Crippen LogP contribution is -2.51. The molecule has 0 unspecified atom stereocenters. The second-order valence-corrected chi connectivity index (χ2v) is 7.75. The summed E-state index contributed by atoms with van der Waals surface area (Å²) in [4.78, 5) is 35.3. The lowest BCUT2D eigenvalue weighted by molar-refractivity contribution is -0.133. The van der Waals surface area contributed by atoms with Gasteiger partial charge in [-0.25, -0.2) is 4.98 Å². The van der Waals surface area contributed by atoms with E-state index in [2.05, 4.69) is 9.88 Å². The van der Waals surface area contributed by atoms with Gasteiger partial charge in [0.05, 0.1) is 6.54 Å². The fourth-order valence-electron chi connectivity index (χ4n) is 3.95. The number of carbonyl (C=O) groups is 2. The van der Waals surface area contributed by atoms with Gasteiger partial charge in [-0.15, -0.1) is 0 Å². The molecule has 0 aliphatic carbocycles. The number of oxazole rings is 1. The Kier molecular flexibility index (Phi) is 6.24. The van der Waals surface area contributed by atoms with Gasteiger partial charge in [0.1, 0.15) is 5.52 Å². The number of hydrogen-bond donors (Lipinski definition) is 0. The zero-order valence-electron chi connectivity index (χ0n) is 16.8.